The van der Waals surface area contributed by atoms with Crippen LogP contribution in [0.5, 0.6) is 0 Å². The van der Waals surface area contributed by atoms with Gasteiger partial charge in [-0.1, -0.05) is 93.6 Å². The van der Waals surface area contributed by atoms with Crippen LogP contribution in [0.15, 0.2) is 72.8 Å². The van der Waals surface area contributed by atoms with E-state index in [1.54, 1.807) is 0 Å². The zero-order valence-electron chi connectivity index (χ0n) is 16.0. The van der Waals surface area contributed by atoms with Gasteiger partial charge in [0.05, 0.1) is 0 Å². The summed E-state index contributed by atoms with van der Waals surface area (Å²) in [6.45, 7) is 6.49. The molecule has 0 radical (unpaired) electrons. The van der Waals surface area contributed by atoms with Crippen molar-refractivity contribution in [3.05, 3.63) is 89.5 Å². The molecule has 0 saturated carbocycles. The number of hydrogen-bond donors (Lipinski definition) is 1. The first-order valence-corrected chi connectivity index (χ1v) is 11.6. The van der Waals surface area contributed by atoms with Crippen LogP contribution in [0.25, 0.3) is 0 Å². The topological polar surface area (TPSA) is 20.2 Å². The van der Waals surface area contributed by atoms with Crippen LogP contribution in [0, 0.1) is 0 Å². The van der Waals surface area contributed by atoms with Crippen LogP contribution >= 0.6 is 0 Å². The third kappa shape index (κ3) is 3.53. The summed E-state index contributed by atoms with van der Waals surface area (Å²) in [6, 6.07) is 25.6. The Labute approximate surface area is 158 Å². The second-order valence-electron chi connectivity index (χ2n) is 6.87. The summed E-state index contributed by atoms with van der Waals surface area (Å²) >= 11 is 0. The van der Waals surface area contributed by atoms with Crippen molar-refractivity contribution >= 4 is 23.9 Å². The van der Waals surface area contributed by atoms with Gasteiger partial charge in [-0.25, -0.2) is 0 Å². The summed E-state index contributed by atoms with van der Waals surface area (Å²) in [5.41, 5.74) is 3.81. The van der Waals surface area contributed by atoms with Gasteiger partial charge in [-0.3, -0.25) is 0 Å². The smallest absolute Gasteiger partial charge is 0.285 e. The molecule has 3 rings (SSSR count). The molecule has 0 amide bonds. The molecule has 0 fully saturated rings. The molecule has 1 nitrogen and oxygen atoms in total. The van der Waals surface area contributed by atoms with Crippen LogP contribution < -0.4 is 15.6 Å². The van der Waals surface area contributed by atoms with Gasteiger partial charge in [0.25, 0.3) is 8.32 Å². The molecule has 0 atom stereocenters. The zero-order valence-corrected chi connectivity index (χ0v) is 17.0. The lowest BCUT2D eigenvalue weighted by Gasteiger charge is -2.28. The molecular formula is C24H28OSi. The Balaban J connectivity index is 2.26. The number of hydrogen-bond acceptors (Lipinski definition) is 1. The summed E-state index contributed by atoms with van der Waals surface area (Å²) in [5, 5.41) is 3.20. The van der Waals surface area contributed by atoms with Gasteiger partial charge < -0.3 is 4.80 Å². The molecule has 0 aliphatic heterocycles. The number of rotatable bonds is 6. The lowest BCUT2D eigenvalue weighted by molar-refractivity contribution is 0.583. The van der Waals surface area contributed by atoms with Crippen molar-refractivity contribution in [3.8, 4) is 0 Å². The van der Waals surface area contributed by atoms with E-state index in [2.05, 4.69) is 93.6 Å². The molecule has 0 aromatic heterocycles. The lowest BCUT2D eigenvalue weighted by Crippen LogP contribution is -2.67. The number of benzene rings is 3. The molecule has 134 valence electrons. The SMILES string of the molecule is CCc1cccc([Si](O)(c2cccc(CC)c2)c2cccc(CC)c2)c1. The Morgan fingerprint density at radius 3 is 1.15 bits per heavy atom. The first-order chi connectivity index (χ1) is 12.6. The van der Waals surface area contributed by atoms with Crippen molar-refractivity contribution in [2.45, 2.75) is 40.0 Å². The fourth-order valence-electron chi connectivity index (χ4n) is 3.55. The summed E-state index contributed by atoms with van der Waals surface area (Å²) < 4.78 is 0. The molecule has 0 saturated heterocycles. The van der Waals surface area contributed by atoms with E-state index in [0.29, 0.717) is 0 Å². The van der Waals surface area contributed by atoms with Crippen molar-refractivity contribution in [1.29, 1.82) is 0 Å². The van der Waals surface area contributed by atoms with E-state index in [4.69, 9.17) is 0 Å². The van der Waals surface area contributed by atoms with Gasteiger partial charge in [0.2, 0.25) is 0 Å². The van der Waals surface area contributed by atoms with Crippen molar-refractivity contribution in [1.82, 2.24) is 0 Å². The molecule has 0 unspecified atom stereocenters. The molecule has 0 bridgehead atoms. The second kappa shape index (κ2) is 8.03. The summed E-state index contributed by atoms with van der Waals surface area (Å²) in [4.78, 5) is 12.2. The van der Waals surface area contributed by atoms with Gasteiger partial charge in [0.1, 0.15) is 0 Å². The van der Waals surface area contributed by atoms with Crippen molar-refractivity contribution in [2.24, 2.45) is 0 Å². The van der Waals surface area contributed by atoms with E-state index in [-0.39, 0.29) is 0 Å². The van der Waals surface area contributed by atoms with Crippen LogP contribution in [-0.2, 0) is 19.3 Å². The number of aryl methyl sites for hydroxylation is 3. The lowest BCUT2D eigenvalue weighted by atomic mass is 10.2. The summed E-state index contributed by atoms with van der Waals surface area (Å²) in [7, 11) is -3.02. The van der Waals surface area contributed by atoms with E-state index in [9.17, 15) is 4.80 Å². The molecule has 3 aromatic carbocycles. The highest BCUT2D eigenvalue weighted by Gasteiger charge is 2.38. The monoisotopic (exact) mass is 360 g/mol. The van der Waals surface area contributed by atoms with Gasteiger partial charge in [0, 0.05) is 0 Å². The van der Waals surface area contributed by atoms with E-state index in [0.717, 1.165) is 34.8 Å². The quantitative estimate of drug-likeness (QED) is 0.528. The zero-order chi connectivity index (χ0) is 18.6. The van der Waals surface area contributed by atoms with E-state index >= 15 is 0 Å². The second-order valence-corrected chi connectivity index (χ2v) is 10.0. The van der Waals surface area contributed by atoms with E-state index < -0.39 is 8.32 Å². The minimum Gasteiger partial charge on any atom is -0.421 e. The van der Waals surface area contributed by atoms with Gasteiger partial charge in [-0.05, 0) is 51.5 Å². The van der Waals surface area contributed by atoms with Crippen molar-refractivity contribution in [3.63, 3.8) is 0 Å². The van der Waals surface area contributed by atoms with Crippen LogP contribution in [-0.4, -0.2) is 13.1 Å². The predicted octanol–water partition coefficient (Wildman–Crippen LogP) is 3.33. The molecule has 0 aliphatic carbocycles. The minimum atomic E-state index is -3.02. The average molecular weight is 361 g/mol. The van der Waals surface area contributed by atoms with E-state index in [1.807, 2.05) is 0 Å². The van der Waals surface area contributed by atoms with Crippen LogP contribution in [0.2, 0.25) is 0 Å². The van der Waals surface area contributed by atoms with Crippen molar-refractivity contribution < 1.29 is 4.80 Å². The third-order valence-electron chi connectivity index (χ3n) is 5.26. The Kier molecular flexibility index (Phi) is 5.75. The van der Waals surface area contributed by atoms with Crippen LogP contribution in [0.3, 0.4) is 0 Å². The van der Waals surface area contributed by atoms with Gasteiger partial charge in [0.15, 0.2) is 0 Å². The molecule has 0 aliphatic rings. The standard InChI is InChI=1S/C24H28OSi/c1-4-19-10-7-13-22(16-19)26(25,23-14-8-11-20(5-2)17-23)24-15-9-12-21(6-3)18-24/h7-18,25H,4-6H2,1-3H3. The Bertz CT molecular complexity index is 769. The molecule has 0 heterocycles. The van der Waals surface area contributed by atoms with Gasteiger partial charge in [-0.2, -0.15) is 0 Å². The summed E-state index contributed by atoms with van der Waals surface area (Å²) in [5.74, 6) is 0. The van der Waals surface area contributed by atoms with Gasteiger partial charge >= 0.3 is 0 Å². The molecule has 0 spiro atoms. The molecule has 26 heavy (non-hydrogen) atoms. The van der Waals surface area contributed by atoms with Gasteiger partial charge in [-0.15, -0.1) is 0 Å². The first-order valence-electron chi connectivity index (χ1n) is 9.62. The predicted molar refractivity (Wildman–Crippen MR) is 114 cm³/mol. The Morgan fingerprint density at radius 1 is 0.577 bits per heavy atom. The van der Waals surface area contributed by atoms with Crippen LogP contribution in [0.1, 0.15) is 37.5 Å². The average Bonchev–Trinajstić information content (AvgIpc) is 2.73. The molecule has 2 heteroatoms. The maximum absolute atomic E-state index is 12.2. The largest absolute Gasteiger partial charge is 0.421 e. The molecule has 3 aromatic rings. The maximum atomic E-state index is 12.2. The molecular weight excluding hydrogens is 332 g/mol. The highest BCUT2D eigenvalue weighted by molar-refractivity contribution is 7.06. The highest BCUT2D eigenvalue weighted by atomic mass is 28.4. The van der Waals surface area contributed by atoms with Crippen LogP contribution in [0.4, 0.5) is 0 Å². The first kappa shape index (κ1) is 18.6. The summed E-state index contributed by atoms with van der Waals surface area (Å²) in [6.07, 6.45) is 2.92. The molecule has 1 N–H and O–H groups in total. The highest BCUT2D eigenvalue weighted by Crippen LogP contribution is 2.10. The normalized spacial score (nSPS) is 11.5. The Morgan fingerprint density at radius 2 is 0.885 bits per heavy atom. The fraction of sp³-hybridized carbons (Fsp3) is 0.250. The van der Waals surface area contributed by atoms with E-state index in [1.165, 1.54) is 16.7 Å². The third-order valence-corrected chi connectivity index (χ3v) is 8.70. The van der Waals surface area contributed by atoms with Crippen molar-refractivity contribution in [2.75, 3.05) is 0 Å². The maximum Gasteiger partial charge on any atom is 0.285 e. The fourth-order valence-corrected chi connectivity index (χ4v) is 6.74. The Hall–Kier alpha value is -2.16. The minimum absolute atomic E-state index is 0.975.